The molecule has 3 heterocycles. The Morgan fingerprint density at radius 1 is 0.976 bits per heavy atom. The number of unbranched alkanes of at least 4 members (excludes halogenated alkanes) is 2. The van der Waals surface area contributed by atoms with Crippen LogP contribution in [0.15, 0.2) is 83.8 Å². The quantitative estimate of drug-likeness (QED) is 0.186. The number of benzene rings is 3. The number of aromatic nitrogens is 5. The van der Waals surface area contributed by atoms with Gasteiger partial charge in [-0.1, -0.05) is 49.3 Å². The molecule has 0 unspecified atom stereocenters. The third-order valence-electron chi connectivity index (χ3n) is 6.79. The van der Waals surface area contributed by atoms with E-state index >= 15 is 0 Å². The van der Waals surface area contributed by atoms with E-state index in [0.717, 1.165) is 36.3 Å². The summed E-state index contributed by atoms with van der Waals surface area (Å²) in [6.45, 7) is 2.84. The maximum absolute atomic E-state index is 14.6. The van der Waals surface area contributed by atoms with Gasteiger partial charge in [-0.2, -0.15) is 14.6 Å². The largest absolute Gasteiger partial charge is 0.494 e. The first-order chi connectivity index (χ1) is 20.5. The number of methoxy groups -OCH3 is 1. The lowest BCUT2D eigenvalue weighted by Gasteiger charge is -2.05. The van der Waals surface area contributed by atoms with Crippen LogP contribution in [0.4, 0.5) is 4.39 Å². The topological polar surface area (TPSA) is 83.5 Å². The summed E-state index contributed by atoms with van der Waals surface area (Å²) in [5.41, 5.74) is 3.07. The van der Waals surface area contributed by atoms with Crippen LogP contribution in [0, 0.1) is 5.82 Å². The smallest absolute Gasteiger partial charge is 0.291 e. The number of thiazole rings is 1. The molecular weight excluding hydrogens is 553 g/mol. The van der Waals surface area contributed by atoms with E-state index in [4.69, 9.17) is 14.6 Å². The molecule has 0 saturated carbocycles. The molecule has 0 N–H and O–H groups in total. The van der Waals surface area contributed by atoms with Crippen molar-refractivity contribution in [1.82, 2.24) is 24.4 Å². The van der Waals surface area contributed by atoms with Crippen LogP contribution in [0.5, 0.6) is 11.5 Å². The number of nitrogens with zero attached hydrogens (tertiary/aromatic N) is 5. The Labute approximate surface area is 245 Å². The SMILES string of the molecule is CCCCCOc1ccc(-c2nc3s/c(=C\c4cn(-c5ccccc5)nc4-c4ccc(OC)c(F)c4)c(=O)n3n2)cc1. The lowest BCUT2D eigenvalue weighted by Crippen LogP contribution is -2.23. The van der Waals surface area contributed by atoms with E-state index in [1.165, 1.54) is 29.0 Å². The molecule has 0 aliphatic heterocycles. The molecular formula is C32H28FN5O3S. The molecule has 0 fully saturated rings. The fraction of sp³-hybridized carbons (Fsp3) is 0.188. The van der Waals surface area contributed by atoms with Crippen molar-refractivity contribution >= 4 is 22.4 Å². The van der Waals surface area contributed by atoms with E-state index < -0.39 is 5.82 Å². The maximum atomic E-state index is 14.6. The molecule has 10 heteroatoms. The van der Waals surface area contributed by atoms with Crippen molar-refractivity contribution in [3.8, 4) is 39.8 Å². The van der Waals surface area contributed by atoms with Crippen molar-refractivity contribution in [2.75, 3.05) is 13.7 Å². The monoisotopic (exact) mass is 581 g/mol. The standard InChI is InChI=1S/C32H28FN5O3S/c1-3-4-8-17-41-25-14-11-21(12-15-25)30-34-32-38(36-30)31(39)28(42-32)19-23-20-37(24-9-6-5-7-10-24)35-29(23)22-13-16-27(40-2)26(33)18-22/h5-7,9-16,18-20H,3-4,8,17H2,1-2H3/b28-19-. The molecule has 212 valence electrons. The molecule has 42 heavy (non-hydrogen) atoms. The van der Waals surface area contributed by atoms with Gasteiger partial charge in [0.25, 0.3) is 5.56 Å². The predicted molar refractivity (Wildman–Crippen MR) is 162 cm³/mol. The summed E-state index contributed by atoms with van der Waals surface area (Å²) < 4.78 is 29.0. The van der Waals surface area contributed by atoms with Crippen LogP contribution in [-0.4, -0.2) is 38.1 Å². The van der Waals surface area contributed by atoms with E-state index in [-0.39, 0.29) is 11.3 Å². The zero-order valence-corrected chi connectivity index (χ0v) is 24.0. The molecule has 6 rings (SSSR count). The third-order valence-corrected chi connectivity index (χ3v) is 7.75. The third kappa shape index (κ3) is 5.53. The van der Waals surface area contributed by atoms with Crippen LogP contribution in [-0.2, 0) is 0 Å². The zero-order valence-electron chi connectivity index (χ0n) is 23.2. The summed E-state index contributed by atoms with van der Waals surface area (Å²) in [7, 11) is 1.42. The van der Waals surface area contributed by atoms with Crippen molar-refractivity contribution < 1.29 is 13.9 Å². The molecule has 0 aliphatic carbocycles. The van der Waals surface area contributed by atoms with Gasteiger partial charge in [0, 0.05) is 22.9 Å². The second kappa shape index (κ2) is 12.0. The van der Waals surface area contributed by atoms with Gasteiger partial charge >= 0.3 is 0 Å². The molecule has 0 atom stereocenters. The van der Waals surface area contributed by atoms with Crippen molar-refractivity contribution in [3.63, 3.8) is 0 Å². The first-order valence-corrected chi connectivity index (χ1v) is 14.5. The molecule has 0 amide bonds. The summed E-state index contributed by atoms with van der Waals surface area (Å²) >= 11 is 1.24. The van der Waals surface area contributed by atoms with Gasteiger partial charge in [0.1, 0.15) is 11.4 Å². The Hall–Kier alpha value is -4.83. The fourth-order valence-electron chi connectivity index (χ4n) is 4.58. The summed E-state index contributed by atoms with van der Waals surface area (Å²) in [4.78, 5) is 18.5. The van der Waals surface area contributed by atoms with E-state index in [9.17, 15) is 9.18 Å². The van der Waals surface area contributed by atoms with Gasteiger partial charge in [-0.05, 0) is 67.1 Å². The first-order valence-electron chi connectivity index (χ1n) is 13.7. The van der Waals surface area contributed by atoms with Crippen LogP contribution in [0.2, 0.25) is 0 Å². The molecule has 0 saturated heterocycles. The molecule has 3 aromatic heterocycles. The van der Waals surface area contributed by atoms with E-state index in [2.05, 4.69) is 17.0 Å². The molecule has 3 aromatic carbocycles. The Balaban J connectivity index is 1.35. The number of para-hydroxylation sites is 1. The lowest BCUT2D eigenvalue weighted by atomic mass is 10.1. The number of hydrogen-bond donors (Lipinski definition) is 0. The van der Waals surface area contributed by atoms with E-state index in [0.29, 0.717) is 38.7 Å². The Bertz CT molecular complexity index is 1950. The van der Waals surface area contributed by atoms with Gasteiger partial charge in [0.05, 0.1) is 23.9 Å². The van der Waals surface area contributed by atoms with Crippen LogP contribution >= 0.6 is 11.3 Å². The summed E-state index contributed by atoms with van der Waals surface area (Å²) in [5, 5.41) is 9.22. The van der Waals surface area contributed by atoms with Gasteiger partial charge < -0.3 is 9.47 Å². The normalized spacial score (nSPS) is 11.8. The van der Waals surface area contributed by atoms with Crippen molar-refractivity contribution in [3.05, 3.63) is 105 Å². The average molecular weight is 582 g/mol. The highest BCUT2D eigenvalue weighted by atomic mass is 32.1. The van der Waals surface area contributed by atoms with Gasteiger partial charge in [0.15, 0.2) is 17.4 Å². The predicted octanol–water partition coefficient (Wildman–Crippen LogP) is 5.94. The minimum Gasteiger partial charge on any atom is -0.494 e. The van der Waals surface area contributed by atoms with E-state index in [1.807, 2.05) is 60.8 Å². The Morgan fingerprint density at radius 3 is 2.48 bits per heavy atom. The Kier molecular flexibility index (Phi) is 7.78. The van der Waals surface area contributed by atoms with Crippen LogP contribution in [0.3, 0.4) is 0 Å². The van der Waals surface area contributed by atoms with E-state index in [1.54, 1.807) is 22.9 Å². The molecule has 0 bridgehead atoms. The number of halogens is 1. The van der Waals surface area contributed by atoms with Crippen LogP contribution in [0.1, 0.15) is 31.7 Å². The van der Waals surface area contributed by atoms with Crippen LogP contribution < -0.4 is 19.6 Å². The summed E-state index contributed by atoms with van der Waals surface area (Å²) in [6.07, 6.45) is 6.88. The zero-order chi connectivity index (χ0) is 29.1. The highest BCUT2D eigenvalue weighted by Crippen LogP contribution is 2.28. The fourth-order valence-corrected chi connectivity index (χ4v) is 5.48. The maximum Gasteiger partial charge on any atom is 0.291 e. The second-order valence-electron chi connectivity index (χ2n) is 9.69. The van der Waals surface area contributed by atoms with Crippen LogP contribution in [0.25, 0.3) is 39.4 Å². The minimum absolute atomic E-state index is 0.143. The number of ether oxygens (including phenoxy) is 2. The minimum atomic E-state index is -0.498. The first kappa shape index (κ1) is 27.3. The molecule has 0 spiro atoms. The average Bonchev–Trinajstić information content (AvgIpc) is 3.71. The van der Waals surface area contributed by atoms with Crippen molar-refractivity contribution in [2.45, 2.75) is 26.2 Å². The van der Waals surface area contributed by atoms with Gasteiger partial charge in [0.2, 0.25) is 4.96 Å². The lowest BCUT2D eigenvalue weighted by molar-refractivity contribution is 0.306. The molecule has 8 nitrogen and oxygen atoms in total. The summed E-state index contributed by atoms with van der Waals surface area (Å²) in [6, 6.07) is 21.8. The number of fused-ring (bicyclic) bond motifs is 1. The highest BCUT2D eigenvalue weighted by molar-refractivity contribution is 7.15. The van der Waals surface area contributed by atoms with Crippen molar-refractivity contribution in [1.29, 1.82) is 0 Å². The number of rotatable bonds is 10. The van der Waals surface area contributed by atoms with Gasteiger partial charge in [-0.25, -0.2) is 9.07 Å². The number of hydrogen-bond acceptors (Lipinski definition) is 7. The van der Waals surface area contributed by atoms with Gasteiger partial charge in [-0.15, -0.1) is 5.10 Å². The Morgan fingerprint density at radius 2 is 1.76 bits per heavy atom. The molecule has 6 aromatic rings. The highest BCUT2D eigenvalue weighted by Gasteiger charge is 2.16. The molecule has 0 radical (unpaired) electrons. The second-order valence-corrected chi connectivity index (χ2v) is 10.7. The van der Waals surface area contributed by atoms with Crippen molar-refractivity contribution in [2.24, 2.45) is 0 Å². The summed E-state index contributed by atoms with van der Waals surface area (Å²) in [5.74, 6) is 0.904. The molecule has 0 aliphatic rings. The van der Waals surface area contributed by atoms with Gasteiger partial charge in [-0.3, -0.25) is 4.79 Å².